The summed E-state index contributed by atoms with van der Waals surface area (Å²) in [5.74, 6) is -0.595. The molecule has 0 heterocycles. The van der Waals surface area contributed by atoms with Gasteiger partial charge in [0.1, 0.15) is 6.54 Å². The summed E-state index contributed by atoms with van der Waals surface area (Å²) in [6, 6.07) is 3.94. The van der Waals surface area contributed by atoms with E-state index in [2.05, 4.69) is 15.3 Å². The van der Waals surface area contributed by atoms with Crippen LogP contribution in [0.2, 0.25) is 0 Å². The highest BCUT2D eigenvalue weighted by Gasteiger charge is 2.29. The van der Waals surface area contributed by atoms with Crippen LogP contribution in [-0.2, 0) is 11.0 Å². The van der Waals surface area contributed by atoms with Crippen LogP contribution >= 0.6 is 0 Å². The molecule has 1 rings (SSSR count). The molecule has 5 nitrogen and oxygen atoms in total. The first-order valence-electron chi connectivity index (χ1n) is 4.41. The molecule has 1 N–H and O–H groups in total. The fraction of sp³-hybridized carbons (Fsp3) is 0.222. The molecule has 1 aromatic carbocycles. The number of carbonyl (C=O) groups excluding carboxylic acids is 1. The van der Waals surface area contributed by atoms with Crippen molar-refractivity contribution >= 4 is 11.6 Å². The molecule has 0 unspecified atom stereocenters. The predicted octanol–water partition coefficient (Wildman–Crippen LogP) is 2.95. The molecule has 0 saturated carbocycles. The fourth-order valence-electron chi connectivity index (χ4n) is 1.04. The molecular formula is C9H7F3N4O. The van der Waals surface area contributed by atoms with Crippen molar-refractivity contribution in [3.8, 4) is 0 Å². The third kappa shape index (κ3) is 4.04. The van der Waals surface area contributed by atoms with E-state index in [0.717, 1.165) is 24.3 Å². The molecule has 0 bridgehead atoms. The van der Waals surface area contributed by atoms with Crippen molar-refractivity contribution in [3.05, 3.63) is 40.3 Å². The van der Waals surface area contributed by atoms with Crippen LogP contribution in [0.15, 0.2) is 29.4 Å². The van der Waals surface area contributed by atoms with Crippen molar-refractivity contribution in [2.24, 2.45) is 5.11 Å². The molecule has 0 aromatic heterocycles. The molecule has 17 heavy (non-hydrogen) atoms. The largest absolute Gasteiger partial charge is 0.416 e. The lowest BCUT2D eigenvalue weighted by atomic mass is 10.2. The van der Waals surface area contributed by atoms with Gasteiger partial charge in [0.25, 0.3) is 0 Å². The number of halogens is 3. The van der Waals surface area contributed by atoms with Crippen molar-refractivity contribution in [1.82, 2.24) is 0 Å². The zero-order valence-corrected chi connectivity index (χ0v) is 8.40. The molecule has 0 aliphatic rings. The Morgan fingerprint density at radius 2 is 1.94 bits per heavy atom. The van der Waals surface area contributed by atoms with Crippen molar-refractivity contribution in [2.75, 3.05) is 11.9 Å². The summed E-state index contributed by atoms with van der Waals surface area (Å²) in [6.07, 6.45) is -4.41. The number of benzene rings is 1. The molecule has 8 heteroatoms. The molecular weight excluding hydrogens is 237 g/mol. The van der Waals surface area contributed by atoms with E-state index in [1.807, 2.05) is 0 Å². The van der Waals surface area contributed by atoms with E-state index in [4.69, 9.17) is 5.53 Å². The summed E-state index contributed by atoms with van der Waals surface area (Å²) in [5, 5.41) is 5.30. The number of nitrogens with one attached hydrogen (secondary N) is 1. The quantitative estimate of drug-likeness (QED) is 0.495. The lowest BCUT2D eigenvalue weighted by Gasteiger charge is -2.07. The third-order valence-corrected chi connectivity index (χ3v) is 1.77. The summed E-state index contributed by atoms with van der Waals surface area (Å²) in [7, 11) is 0. The van der Waals surface area contributed by atoms with Crippen LogP contribution < -0.4 is 5.32 Å². The Hall–Kier alpha value is -2.21. The van der Waals surface area contributed by atoms with Crippen molar-refractivity contribution < 1.29 is 18.0 Å². The monoisotopic (exact) mass is 244 g/mol. The number of carbonyl (C=O) groups is 1. The maximum absolute atomic E-state index is 12.2. The van der Waals surface area contributed by atoms with Gasteiger partial charge in [0.05, 0.1) is 5.56 Å². The standard InChI is InChI=1S/C9H7F3N4O/c10-9(11,12)6-1-3-7(4-2-6)15-8(17)5-14-16-13/h1-4H,5H2,(H,15,17). The van der Waals surface area contributed by atoms with Gasteiger partial charge in [0, 0.05) is 10.6 Å². The molecule has 1 aromatic rings. The van der Waals surface area contributed by atoms with Crippen LogP contribution in [0.1, 0.15) is 5.56 Å². The van der Waals surface area contributed by atoms with Gasteiger partial charge in [-0.25, -0.2) is 0 Å². The van der Waals surface area contributed by atoms with Crippen LogP contribution in [0.3, 0.4) is 0 Å². The van der Waals surface area contributed by atoms with E-state index in [0.29, 0.717) is 0 Å². The lowest BCUT2D eigenvalue weighted by molar-refractivity contribution is -0.137. The summed E-state index contributed by atoms with van der Waals surface area (Å²) < 4.78 is 36.6. The smallest absolute Gasteiger partial charge is 0.326 e. The Labute approximate surface area is 93.9 Å². The van der Waals surface area contributed by atoms with E-state index in [1.165, 1.54) is 0 Å². The van der Waals surface area contributed by atoms with E-state index in [9.17, 15) is 18.0 Å². The number of amides is 1. The first kappa shape index (κ1) is 12.9. The molecule has 0 aliphatic carbocycles. The summed E-state index contributed by atoms with van der Waals surface area (Å²) >= 11 is 0. The van der Waals surface area contributed by atoms with Crippen LogP contribution in [0.25, 0.3) is 10.4 Å². The Morgan fingerprint density at radius 1 is 1.35 bits per heavy atom. The highest BCUT2D eigenvalue weighted by Crippen LogP contribution is 2.29. The van der Waals surface area contributed by atoms with E-state index < -0.39 is 24.2 Å². The van der Waals surface area contributed by atoms with E-state index in [-0.39, 0.29) is 5.69 Å². The molecule has 1 amide bonds. The molecule has 0 aliphatic heterocycles. The maximum atomic E-state index is 12.2. The Balaban J connectivity index is 2.69. The van der Waals surface area contributed by atoms with Crippen LogP contribution in [0, 0.1) is 0 Å². The maximum Gasteiger partial charge on any atom is 0.416 e. The molecule has 0 atom stereocenters. The number of rotatable bonds is 3. The van der Waals surface area contributed by atoms with Gasteiger partial charge in [-0.15, -0.1) is 0 Å². The number of nitrogens with zero attached hydrogens (tertiary/aromatic N) is 3. The van der Waals surface area contributed by atoms with Gasteiger partial charge in [0.15, 0.2) is 0 Å². The normalized spacial score (nSPS) is 10.5. The SMILES string of the molecule is [N-]=[N+]=NCC(=O)Nc1ccc(C(F)(F)F)cc1. The second kappa shape index (κ2) is 5.22. The third-order valence-electron chi connectivity index (χ3n) is 1.77. The van der Waals surface area contributed by atoms with E-state index in [1.54, 1.807) is 0 Å². The molecule has 90 valence electrons. The summed E-state index contributed by atoms with van der Waals surface area (Å²) in [5.41, 5.74) is 7.36. The first-order valence-corrected chi connectivity index (χ1v) is 4.41. The Morgan fingerprint density at radius 3 is 2.41 bits per heavy atom. The number of azide groups is 1. The summed E-state index contributed by atoms with van der Waals surface area (Å²) in [6.45, 7) is -0.405. The van der Waals surface area contributed by atoms with Gasteiger partial charge in [-0.3, -0.25) is 4.79 Å². The van der Waals surface area contributed by atoms with Gasteiger partial charge >= 0.3 is 6.18 Å². The summed E-state index contributed by atoms with van der Waals surface area (Å²) in [4.78, 5) is 13.4. The van der Waals surface area contributed by atoms with Crippen LogP contribution in [0.4, 0.5) is 18.9 Å². The van der Waals surface area contributed by atoms with Crippen LogP contribution in [-0.4, -0.2) is 12.5 Å². The second-order valence-electron chi connectivity index (χ2n) is 3.01. The van der Waals surface area contributed by atoms with Crippen molar-refractivity contribution in [3.63, 3.8) is 0 Å². The molecule has 0 spiro atoms. The minimum atomic E-state index is -4.41. The lowest BCUT2D eigenvalue weighted by Crippen LogP contribution is -2.14. The van der Waals surface area contributed by atoms with Gasteiger partial charge < -0.3 is 5.32 Å². The topological polar surface area (TPSA) is 77.9 Å². The van der Waals surface area contributed by atoms with E-state index >= 15 is 0 Å². The van der Waals surface area contributed by atoms with Gasteiger partial charge in [-0.05, 0) is 29.8 Å². The number of hydrogen-bond acceptors (Lipinski definition) is 2. The first-order chi connectivity index (χ1) is 7.93. The van der Waals surface area contributed by atoms with Gasteiger partial charge in [0.2, 0.25) is 5.91 Å². The Bertz CT molecular complexity index is 448. The number of alkyl halides is 3. The minimum Gasteiger partial charge on any atom is -0.326 e. The van der Waals surface area contributed by atoms with Crippen molar-refractivity contribution in [1.29, 1.82) is 0 Å². The Kier molecular flexibility index (Phi) is 3.95. The number of hydrogen-bond donors (Lipinski definition) is 1. The molecule has 0 fully saturated rings. The van der Waals surface area contributed by atoms with Crippen LogP contribution in [0.5, 0.6) is 0 Å². The van der Waals surface area contributed by atoms with Gasteiger partial charge in [-0.1, -0.05) is 5.11 Å². The molecule has 0 radical (unpaired) electrons. The fourth-order valence-corrected chi connectivity index (χ4v) is 1.04. The highest BCUT2D eigenvalue weighted by molar-refractivity contribution is 5.92. The highest BCUT2D eigenvalue weighted by atomic mass is 19.4. The van der Waals surface area contributed by atoms with Gasteiger partial charge in [-0.2, -0.15) is 13.2 Å². The molecule has 0 saturated heterocycles. The van der Waals surface area contributed by atoms with Crippen molar-refractivity contribution in [2.45, 2.75) is 6.18 Å². The average Bonchev–Trinajstić information content (AvgIpc) is 2.26. The zero-order chi connectivity index (χ0) is 12.9. The second-order valence-corrected chi connectivity index (χ2v) is 3.01. The number of anilines is 1. The zero-order valence-electron chi connectivity index (χ0n) is 8.40. The predicted molar refractivity (Wildman–Crippen MR) is 54.1 cm³/mol. The minimum absolute atomic E-state index is 0.205. The average molecular weight is 244 g/mol.